The van der Waals surface area contributed by atoms with Crippen LogP contribution >= 0.6 is 0 Å². The van der Waals surface area contributed by atoms with Crippen molar-refractivity contribution in [2.75, 3.05) is 64.8 Å². The standard InChI is InChI=1S/C45H57FN10O4.CH4O/c1-30-25-56(43-37(30)22-35(24-51-43)52-41(58)12-17-50-29-57)36-13-18-53(19-14-36)28-45(46)15-20-54(21-16-45)44(59)34-10-8-33(9-11-34)40-27-55(26-31(2)60-40)39(42(48)49)23-38(47)32-6-4-3-5-7-32;1-2/h3-11,22-25,29,31,36,40H,12-21,26-28,47-49H2,1-2H3,(H,50,57)(H,52,58);2H,1H3/b38-23-;. The van der Waals surface area contributed by atoms with Crippen molar-refractivity contribution in [3.63, 3.8) is 0 Å². The highest BCUT2D eigenvalue weighted by atomic mass is 19.1. The van der Waals surface area contributed by atoms with Gasteiger partial charge in [0, 0.05) is 108 Å². The maximum Gasteiger partial charge on any atom is 0.253 e. The van der Waals surface area contributed by atoms with E-state index in [9.17, 15) is 14.4 Å². The first-order chi connectivity index (χ1) is 29.9. The Balaban J connectivity index is 0.00000316. The summed E-state index contributed by atoms with van der Waals surface area (Å²) >= 11 is 0. The number of rotatable bonds is 13. The molecule has 5 heterocycles. The van der Waals surface area contributed by atoms with Gasteiger partial charge in [-0.3, -0.25) is 14.4 Å². The van der Waals surface area contributed by atoms with Crippen molar-refractivity contribution in [3.05, 3.63) is 113 Å². The van der Waals surface area contributed by atoms with Crippen molar-refractivity contribution < 1.29 is 28.6 Å². The summed E-state index contributed by atoms with van der Waals surface area (Å²) in [6.07, 6.45) is 8.25. The Morgan fingerprint density at radius 1 is 0.968 bits per heavy atom. The van der Waals surface area contributed by atoms with E-state index in [0.717, 1.165) is 60.8 Å². The number of aliphatic hydroxyl groups excluding tert-OH is 1. The molecule has 3 saturated heterocycles. The van der Waals surface area contributed by atoms with Gasteiger partial charge in [-0.2, -0.15) is 0 Å². The van der Waals surface area contributed by atoms with Crippen molar-refractivity contribution in [3.8, 4) is 0 Å². The minimum absolute atomic E-state index is 0.101. The summed E-state index contributed by atoms with van der Waals surface area (Å²) in [4.78, 5) is 47.1. The number of benzene rings is 2. The molecule has 3 amide bonds. The number of halogens is 1. The van der Waals surface area contributed by atoms with Crippen molar-refractivity contribution in [1.29, 1.82) is 0 Å². The molecule has 0 radical (unpaired) electrons. The average Bonchev–Trinajstić information content (AvgIpc) is 3.61. The highest BCUT2D eigenvalue weighted by molar-refractivity contribution is 5.94. The Morgan fingerprint density at radius 3 is 2.32 bits per heavy atom. The largest absolute Gasteiger partial charge is 0.400 e. The van der Waals surface area contributed by atoms with Gasteiger partial charge in [0.2, 0.25) is 12.3 Å². The summed E-state index contributed by atoms with van der Waals surface area (Å²) in [5.41, 5.74) is 23.5. The molecule has 0 aliphatic carbocycles. The minimum atomic E-state index is -1.36. The number of aliphatic hydroxyl groups is 1. The molecule has 332 valence electrons. The number of ether oxygens (including phenoxy) is 1. The van der Waals surface area contributed by atoms with E-state index in [-0.39, 0.29) is 48.9 Å². The molecule has 16 heteroatoms. The van der Waals surface area contributed by atoms with Crippen molar-refractivity contribution in [2.24, 2.45) is 17.2 Å². The zero-order valence-electron chi connectivity index (χ0n) is 35.9. The molecule has 2 unspecified atom stereocenters. The number of fused-ring (bicyclic) bond motifs is 1. The van der Waals surface area contributed by atoms with Gasteiger partial charge in [-0.25, -0.2) is 9.37 Å². The number of nitrogens with one attached hydrogen (secondary N) is 2. The number of nitrogens with zero attached hydrogens (tertiary/aromatic N) is 5. The number of hydrogen-bond acceptors (Lipinski definition) is 11. The van der Waals surface area contributed by atoms with E-state index >= 15 is 4.39 Å². The second-order valence-electron chi connectivity index (χ2n) is 16.4. The number of likely N-dealkylation sites (tertiary alicyclic amines) is 2. The second kappa shape index (κ2) is 20.7. The van der Waals surface area contributed by atoms with Crippen molar-refractivity contribution in [1.82, 2.24) is 29.6 Å². The molecular weight excluding hydrogens is 792 g/mol. The lowest BCUT2D eigenvalue weighted by molar-refractivity contribution is -0.116. The third kappa shape index (κ3) is 11.1. The molecule has 2 aromatic heterocycles. The van der Waals surface area contributed by atoms with Crippen LogP contribution in [0.1, 0.15) is 78.2 Å². The molecule has 4 aromatic rings. The van der Waals surface area contributed by atoms with Gasteiger partial charge in [0.05, 0.1) is 23.7 Å². The molecule has 3 aliphatic rings. The summed E-state index contributed by atoms with van der Waals surface area (Å²) < 4.78 is 24.9. The van der Waals surface area contributed by atoms with Gasteiger partial charge in [-0.15, -0.1) is 0 Å². The molecule has 15 nitrogen and oxygen atoms in total. The molecule has 3 fully saturated rings. The average molecular weight is 853 g/mol. The number of amides is 3. The Bertz CT molecular complexity index is 2210. The van der Waals surface area contributed by atoms with Gasteiger partial charge in [-0.1, -0.05) is 42.5 Å². The lowest BCUT2D eigenvalue weighted by Crippen LogP contribution is -2.51. The van der Waals surface area contributed by atoms with Crippen LogP contribution in [0.3, 0.4) is 0 Å². The van der Waals surface area contributed by atoms with Crippen LogP contribution in [0.2, 0.25) is 0 Å². The zero-order chi connectivity index (χ0) is 44.4. The minimum Gasteiger partial charge on any atom is -0.400 e. The Hall–Kier alpha value is -5.97. The molecule has 0 spiro atoms. The SMILES string of the molecule is CO.Cc1cn(C2CCN(CC3(F)CCN(C(=O)c4ccc(C5CN(C(/C=C(\N)c6ccccc6)=C(N)N)CC(C)O5)cc4)CC3)CC2)c2ncc(NC(=O)CCNC=O)cc12. The normalized spacial score (nSPS) is 19.6. The number of aryl methyl sites for hydroxylation is 1. The van der Waals surface area contributed by atoms with E-state index in [4.69, 9.17) is 32.0 Å². The zero-order valence-corrected chi connectivity index (χ0v) is 35.9. The quantitative estimate of drug-likeness (QED) is 0.0639. The topological polar surface area (TPSA) is 210 Å². The van der Waals surface area contributed by atoms with Gasteiger partial charge in [-0.05, 0) is 67.7 Å². The molecule has 62 heavy (non-hydrogen) atoms. The summed E-state index contributed by atoms with van der Waals surface area (Å²) in [6, 6.07) is 19.3. The van der Waals surface area contributed by atoms with E-state index < -0.39 is 5.67 Å². The smallest absolute Gasteiger partial charge is 0.253 e. The Kier molecular flexibility index (Phi) is 15.2. The number of pyridine rings is 1. The predicted octanol–water partition coefficient (Wildman–Crippen LogP) is 4.16. The number of morpholine rings is 1. The van der Waals surface area contributed by atoms with Crippen LogP contribution in [0.5, 0.6) is 0 Å². The summed E-state index contributed by atoms with van der Waals surface area (Å²) in [5.74, 6) is -0.125. The lowest BCUT2D eigenvalue weighted by atomic mass is 9.91. The first kappa shape index (κ1) is 45.6. The number of nitrogens with two attached hydrogens (primary N) is 3. The Morgan fingerprint density at radius 2 is 1.66 bits per heavy atom. The molecule has 7 rings (SSSR count). The summed E-state index contributed by atoms with van der Waals surface area (Å²) in [7, 11) is 1.00. The van der Waals surface area contributed by atoms with Crippen LogP contribution < -0.4 is 27.8 Å². The number of carbonyl (C=O) groups is 3. The number of allylic oxidation sites excluding steroid dienone is 1. The molecule has 2 atom stereocenters. The maximum atomic E-state index is 16.3. The number of aromatic nitrogens is 2. The Labute approximate surface area is 362 Å². The maximum absolute atomic E-state index is 16.3. The lowest BCUT2D eigenvalue weighted by Gasteiger charge is -2.41. The van der Waals surface area contributed by atoms with Crippen LogP contribution in [0.15, 0.2) is 90.7 Å². The van der Waals surface area contributed by atoms with Gasteiger partial charge < -0.3 is 56.9 Å². The summed E-state index contributed by atoms with van der Waals surface area (Å²) in [5, 5.41) is 13.3. The van der Waals surface area contributed by atoms with Crippen LogP contribution in [-0.2, 0) is 14.3 Å². The van der Waals surface area contributed by atoms with Crippen LogP contribution in [0.25, 0.3) is 16.7 Å². The number of alkyl halides is 1. The fourth-order valence-electron chi connectivity index (χ4n) is 8.71. The van der Waals surface area contributed by atoms with E-state index in [1.54, 1.807) is 11.1 Å². The number of piperidine rings is 2. The van der Waals surface area contributed by atoms with Crippen LogP contribution in [0.4, 0.5) is 10.1 Å². The first-order valence-corrected chi connectivity index (χ1v) is 21.3. The van der Waals surface area contributed by atoms with Crippen molar-refractivity contribution in [2.45, 2.75) is 69.9 Å². The molecule has 2 aromatic carbocycles. The molecular formula is C46H61FN10O5. The summed E-state index contributed by atoms with van der Waals surface area (Å²) in [6.45, 7) is 8.00. The third-order valence-electron chi connectivity index (χ3n) is 12.0. The fraction of sp³-hybridized carbons (Fsp3) is 0.435. The second-order valence-corrected chi connectivity index (χ2v) is 16.4. The number of carbonyl (C=O) groups excluding carboxylic acids is 3. The monoisotopic (exact) mass is 852 g/mol. The number of hydrogen-bond donors (Lipinski definition) is 6. The van der Waals surface area contributed by atoms with Gasteiger partial charge in [0.15, 0.2) is 0 Å². The van der Waals surface area contributed by atoms with E-state index in [0.29, 0.717) is 74.6 Å². The third-order valence-corrected chi connectivity index (χ3v) is 12.0. The molecule has 9 N–H and O–H groups in total. The van der Waals surface area contributed by atoms with Crippen LogP contribution in [-0.4, -0.2) is 119 Å². The van der Waals surface area contributed by atoms with Gasteiger partial charge in [0.1, 0.15) is 23.2 Å². The van der Waals surface area contributed by atoms with Gasteiger partial charge in [0.25, 0.3) is 5.91 Å². The van der Waals surface area contributed by atoms with E-state index in [2.05, 4.69) is 31.2 Å². The molecule has 3 aliphatic heterocycles. The van der Waals surface area contributed by atoms with E-state index in [1.165, 1.54) is 0 Å². The molecule has 0 bridgehead atoms. The van der Waals surface area contributed by atoms with E-state index in [1.807, 2.05) is 80.6 Å². The van der Waals surface area contributed by atoms with Crippen LogP contribution in [0, 0.1) is 6.92 Å². The van der Waals surface area contributed by atoms with Crippen molar-refractivity contribution >= 4 is 40.6 Å². The highest BCUT2D eigenvalue weighted by Gasteiger charge is 2.39. The highest BCUT2D eigenvalue weighted by Crippen LogP contribution is 2.34. The van der Waals surface area contributed by atoms with Gasteiger partial charge >= 0.3 is 0 Å². The predicted molar refractivity (Wildman–Crippen MR) is 239 cm³/mol. The fourth-order valence-corrected chi connectivity index (χ4v) is 8.71. The first-order valence-electron chi connectivity index (χ1n) is 21.3. The number of anilines is 1. The molecule has 0 saturated carbocycles.